The Morgan fingerprint density at radius 1 is 0.976 bits per heavy atom. The van der Waals surface area contributed by atoms with Gasteiger partial charge in [-0.05, 0) is 56.2 Å². The Hall–Kier alpha value is -3.67. The normalized spacial score (nSPS) is 12.7. The van der Waals surface area contributed by atoms with Crippen LogP contribution in [0.15, 0.2) is 77.7 Å². The molecule has 10 nitrogen and oxygen atoms in total. The molecule has 0 heterocycles. The van der Waals surface area contributed by atoms with E-state index in [0.29, 0.717) is 17.0 Å². The van der Waals surface area contributed by atoms with Crippen molar-refractivity contribution in [2.24, 2.45) is 0 Å². The summed E-state index contributed by atoms with van der Waals surface area (Å²) in [5.41, 5.74) is 0.128. The number of sulfonamides is 1. The van der Waals surface area contributed by atoms with E-state index in [1.807, 2.05) is 13.8 Å². The molecule has 2 unspecified atom stereocenters. The van der Waals surface area contributed by atoms with E-state index in [9.17, 15) is 28.1 Å². The molecule has 13 heteroatoms. The first-order valence-corrected chi connectivity index (χ1v) is 14.9. The molecule has 2 amide bonds. The summed E-state index contributed by atoms with van der Waals surface area (Å²) >= 11 is 12.2. The summed E-state index contributed by atoms with van der Waals surface area (Å²) in [5.74, 6) is -1.14. The van der Waals surface area contributed by atoms with Crippen LogP contribution in [0, 0.1) is 10.1 Å². The van der Waals surface area contributed by atoms with Crippen molar-refractivity contribution in [3.8, 4) is 0 Å². The number of benzene rings is 3. The predicted molar refractivity (Wildman–Crippen MR) is 158 cm³/mol. The molecule has 0 spiro atoms. The van der Waals surface area contributed by atoms with E-state index in [1.165, 1.54) is 54.3 Å². The average Bonchev–Trinajstić information content (AvgIpc) is 2.96. The van der Waals surface area contributed by atoms with E-state index in [1.54, 1.807) is 24.3 Å². The second-order valence-corrected chi connectivity index (χ2v) is 12.0. The molecule has 0 aliphatic rings. The van der Waals surface area contributed by atoms with E-state index in [4.69, 9.17) is 23.2 Å². The number of hydrogen-bond acceptors (Lipinski definition) is 6. The van der Waals surface area contributed by atoms with Crippen LogP contribution in [0.2, 0.25) is 10.0 Å². The minimum Gasteiger partial charge on any atom is -0.352 e. The van der Waals surface area contributed by atoms with Crippen molar-refractivity contribution >= 4 is 56.4 Å². The molecule has 3 aromatic carbocycles. The summed E-state index contributed by atoms with van der Waals surface area (Å²) < 4.78 is 28.4. The number of hydrogen-bond donors (Lipinski definition) is 1. The molecule has 0 aliphatic heterocycles. The first-order valence-electron chi connectivity index (χ1n) is 12.7. The Labute approximate surface area is 249 Å². The number of amides is 2. The summed E-state index contributed by atoms with van der Waals surface area (Å²) in [5, 5.41) is 14.9. The summed E-state index contributed by atoms with van der Waals surface area (Å²) in [6.45, 7) is 4.45. The quantitative estimate of drug-likeness (QED) is 0.212. The number of nitro benzene ring substituents is 1. The summed E-state index contributed by atoms with van der Waals surface area (Å²) in [4.78, 5) is 39.0. The molecule has 0 aromatic heterocycles. The summed E-state index contributed by atoms with van der Waals surface area (Å²) in [6, 6.07) is 16.0. The molecular formula is C28H30Cl2N4O6S. The molecule has 3 aromatic rings. The maximum Gasteiger partial charge on any atom is 0.271 e. The van der Waals surface area contributed by atoms with E-state index in [0.717, 1.165) is 10.4 Å². The molecule has 41 heavy (non-hydrogen) atoms. The maximum absolute atomic E-state index is 13.9. The van der Waals surface area contributed by atoms with Crippen LogP contribution in [0.3, 0.4) is 0 Å². The van der Waals surface area contributed by atoms with Gasteiger partial charge < -0.3 is 10.2 Å². The average molecular weight is 622 g/mol. The number of rotatable bonds is 12. The molecule has 0 aliphatic carbocycles. The second kappa shape index (κ2) is 13.8. The highest BCUT2D eigenvalue weighted by molar-refractivity contribution is 7.92. The van der Waals surface area contributed by atoms with Crippen molar-refractivity contribution in [2.75, 3.05) is 10.8 Å². The lowest BCUT2D eigenvalue weighted by atomic mass is 10.1. The lowest BCUT2D eigenvalue weighted by molar-refractivity contribution is -0.384. The van der Waals surface area contributed by atoms with Crippen molar-refractivity contribution in [1.82, 2.24) is 10.2 Å². The van der Waals surface area contributed by atoms with Gasteiger partial charge in [0.1, 0.15) is 12.6 Å². The van der Waals surface area contributed by atoms with Crippen LogP contribution < -0.4 is 9.62 Å². The third-order valence-electron chi connectivity index (χ3n) is 6.44. The number of non-ortho nitro benzene ring substituents is 1. The molecular weight excluding hydrogens is 591 g/mol. The minimum absolute atomic E-state index is 0.0809. The van der Waals surface area contributed by atoms with Crippen LogP contribution in [0.4, 0.5) is 11.4 Å². The number of nitrogens with one attached hydrogen (secondary N) is 1. The fourth-order valence-corrected chi connectivity index (χ4v) is 5.64. The van der Waals surface area contributed by atoms with Gasteiger partial charge in [0.25, 0.3) is 15.7 Å². The standard InChI is InChI=1S/C28H30Cl2N4O6S/c1-4-19(2)31-28(36)20(3)32(17-21-13-14-25(29)26(30)15-21)27(35)18-33(22-9-8-10-23(16-22)34(37)38)41(39,40)24-11-6-5-7-12-24/h5-16,19-20H,4,17-18H2,1-3H3,(H,31,36). The molecule has 2 atom stereocenters. The Balaban J connectivity index is 2.07. The Morgan fingerprint density at radius 2 is 1.66 bits per heavy atom. The van der Waals surface area contributed by atoms with Crippen molar-refractivity contribution in [3.63, 3.8) is 0 Å². The van der Waals surface area contributed by atoms with Crippen molar-refractivity contribution in [3.05, 3.63) is 98.5 Å². The maximum atomic E-state index is 13.9. The first kappa shape index (κ1) is 31.9. The van der Waals surface area contributed by atoms with Crippen LogP contribution in [-0.2, 0) is 26.2 Å². The van der Waals surface area contributed by atoms with Gasteiger partial charge in [-0.25, -0.2) is 8.42 Å². The predicted octanol–water partition coefficient (Wildman–Crippen LogP) is 5.43. The van der Waals surface area contributed by atoms with Crippen LogP contribution >= 0.6 is 23.2 Å². The zero-order chi connectivity index (χ0) is 30.3. The molecule has 3 rings (SSSR count). The highest BCUT2D eigenvalue weighted by atomic mass is 35.5. The Bertz CT molecular complexity index is 1520. The van der Waals surface area contributed by atoms with Gasteiger partial charge in [-0.3, -0.25) is 24.0 Å². The van der Waals surface area contributed by atoms with Crippen LogP contribution in [0.1, 0.15) is 32.8 Å². The van der Waals surface area contributed by atoms with Crippen molar-refractivity contribution in [2.45, 2.75) is 50.7 Å². The van der Waals surface area contributed by atoms with E-state index < -0.39 is 39.3 Å². The van der Waals surface area contributed by atoms with Gasteiger partial charge in [0.05, 0.1) is 25.6 Å². The Morgan fingerprint density at radius 3 is 2.27 bits per heavy atom. The molecule has 0 saturated heterocycles. The molecule has 1 N–H and O–H groups in total. The van der Waals surface area contributed by atoms with Gasteiger partial charge in [-0.15, -0.1) is 0 Å². The third-order valence-corrected chi connectivity index (χ3v) is 8.97. The third kappa shape index (κ3) is 7.96. The number of carbonyl (C=O) groups excluding carboxylic acids is 2. The largest absolute Gasteiger partial charge is 0.352 e. The monoisotopic (exact) mass is 620 g/mol. The van der Waals surface area contributed by atoms with Gasteiger partial charge in [0.2, 0.25) is 11.8 Å². The fraction of sp³-hybridized carbons (Fsp3) is 0.286. The molecule has 0 radical (unpaired) electrons. The van der Waals surface area contributed by atoms with Gasteiger partial charge in [-0.1, -0.05) is 60.5 Å². The minimum atomic E-state index is -4.36. The zero-order valence-electron chi connectivity index (χ0n) is 22.7. The summed E-state index contributed by atoms with van der Waals surface area (Å²) in [6.07, 6.45) is 0.662. The van der Waals surface area contributed by atoms with Crippen molar-refractivity contribution in [1.29, 1.82) is 0 Å². The smallest absolute Gasteiger partial charge is 0.271 e. The van der Waals surface area contributed by atoms with E-state index >= 15 is 0 Å². The van der Waals surface area contributed by atoms with Gasteiger partial charge in [0.15, 0.2) is 0 Å². The van der Waals surface area contributed by atoms with Gasteiger partial charge in [0, 0.05) is 24.7 Å². The topological polar surface area (TPSA) is 130 Å². The molecule has 218 valence electrons. The highest BCUT2D eigenvalue weighted by Gasteiger charge is 2.33. The molecule has 0 saturated carbocycles. The molecule has 0 bridgehead atoms. The summed E-state index contributed by atoms with van der Waals surface area (Å²) in [7, 11) is -4.36. The van der Waals surface area contributed by atoms with Gasteiger partial charge in [-0.2, -0.15) is 0 Å². The number of halogens is 2. The fourth-order valence-electron chi connectivity index (χ4n) is 3.89. The second-order valence-electron chi connectivity index (χ2n) is 9.37. The number of carbonyl (C=O) groups is 2. The number of nitrogens with zero attached hydrogens (tertiary/aromatic N) is 3. The number of anilines is 1. The van der Waals surface area contributed by atoms with Crippen LogP contribution in [0.25, 0.3) is 0 Å². The lowest BCUT2D eigenvalue weighted by Crippen LogP contribution is -2.52. The zero-order valence-corrected chi connectivity index (χ0v) is 25.0. The van der Waals surface area contributed by atoms with Gasteiger partial charge >= 0.3 is 0 Å². The van der Waals surface area contributed by atoms with Crippen LogP contribution in [0.5, 0.6) is 0 Å². The van der Waals surface area contributed by atoms with E-state index in [2.05, 4.69) is 5.32 Å². The lowest BCUT2D eigenvalue weighted by Gasteiger charge is -2.32. The Kier molecular flexibility index (Phi) is 10.7. The SMILES string of the molecule is CCC(C)NC(=O)C(C)N(Cc1ccc(Cl)c(Cl)c1)C(=O)CN(c1cccc([N+](=O)[O-])c1)S(=O)(=O)c1ccccc1. The van der Waals surface area contributed by atoms with Crippen molar-refractivity contribution < 1.29 is 22.9 Å². The highest BCUT2D eigenvalue weighted by Crippen LogP contribution is 2.28. The number of nitro groups is 1. The van der Waals surface area contributed by atoms with E-state index in [-0.39, 0.29) is 33.9 Å². The first-order chi connectivity index (χ1) is 19.3. The van der Waals surface area contributed by atoms with Crippen LogP contribution in [-0.4, -0.2) is 48.7 Å². The molecule has 0 fully saturated rings.